The fourth-order valence-corrected chi connectivity index (χ4v) is 5.15. The number of carbonyl (C=O) groups excluding carboxylic acids is 1. The van der Waals surface area contributed by atoms with E-state index in [2.05, 4.69) is 16.7 Å². The minimum Gasteiger partial charge on any atom is -0.472 e. The second kappa shape index (κ2) is 8.36. The second-order valence-corrected chi connectivity index (χ2v) is 9.01. The average molecular weight is 375 g/mol. The van der Waals surface area contributed by atoms with Crippen LogP contribution >= 0.6 is 0 Å². The van der Waals surface area contributed by atoms with Crippen LogP contribution in [-0.2, 0) is 16.1 Å². The van der Waals surface area contributed by atoms with E-state index in [1.165, 1.54) is 18.4 Å². The zero-order chi connectivity index (χ0) is 18.7. The largest absolute Gasteiger partial charge is 0.472 e. The Balaban J connectivity index is 1.34. The Labute approximate surface area is 163 Å². The van der Waals surface area contributed by atoms with E-state index < -0.39 is 0 Å². The molecule has 3 heterocycles. The molecule has 0 aromatic carbocycles. The average Bonchev–Trinajstić information content (AvgIpc) is 3.10. The smallest absolute Gasteiger partial charge is 0.225 e. The molecule has 1 unspecified atom stereocenters. The number of hydrogen-bond donors (Lipinski definition) is 0. The highest BCUT2D eigenvalue weighted by Crippen LogP contribution is 2.33. The highest BCUT2D eigenvalue weighted by atomic mass is 16.5. The van der Waals surface area contributed by atoms with Crippen molar-refractivity contribution >= 4 is 5.91 Å². The molecule has 0 radical (unpaired) electrons. The number of ether oxygens (including phenoxy) is 1. The molecule has 1 spiro atoms. The molecule has 2 aliphatic heterocycles. The molecule has 1 aromatic rings. The number of morpholine rings is 1. The van der Waals surface area contributed by atoms with E-state index in [0.717, 1.165) is 77.4 Å². The highest BCUT2D eigenvalue weighted by Gasteiger charge is 2.39. The van der Waals surface area contributed by atoms with Gasteiger partial charge in [-0.15, -0.1) is 0 Å². The van der Waals surface area contributed by atoms with Crippen LogP contribution < -0.4 is 0 Å². The van der Waals surface area contributed by atoms with Crippen LogP contribution in [0.15, 0.2) is 23.0 Å². The summed E-state index contributed by atoms with van der Waals surface area (Å²) in [4.78, 5) is 17.7. The summed E-state index contributed by atoms with van der Waals surface area (Å²) in [6, 6.07) is 2.04. The van der Waals surface area contributed by atoms with Crippen LogP contribution in [0.2, 0.25) is 0 Å². The third kappa shape index (κ3) is 4.57. The van der Waals surface area contributed by atoms with Crippen LogP contribution in [0.5, 0.6) is 0 Å². The Morgan fingerprint density at radius 2 is 2.04 bits per heavy atom. The Bertz CT molecular complexity index is 609. The zero-order valence-electron chi connectivity index (χ0n) is 16.7. The van der Waals surface area contributed by atoms with Gasteiger partial charge < -0.3 is 14.1 Å². The van der Waals surface area contributed by atoms with E-state index >= 15 is 0 Å². The zero-order valence-corrected chi connectivity index (χ0v) is 16.7. The lowest BCUT2D eigenvalue weighted by molar-refractivity contribution is -0.138. The van der Waals surface area contributed by atoms with E-state index in [9.17, 15) is 4.79 Å². The first kappa shape index (κ1) is 19.0. The van der Waals surface area contributed by atoms with Gasteiger partial charge >= 0.3 is 0 Å². The maximum Gasteiger partial charge on any atom is 0.225 e. The van der Waals surface area contributed by atoms with Gasteiger partial charge in [-0.3, -0.25) is 9.69 Å². The van der Waals surface area contributed by atoms with Crippen LogP contribution in [0, 0.1) is 11.8 Å². The Kier molecular flexibility index (Phi) is 5.88. The van der Waals surface area contributed by atoms with Crippen molar-refractivity contribution in [2.24, 2.45) is 11.8 Å². The van der Waals surface area contributed by atoms with E-state index in [1.807, 2.05) is 12.3 Å². The lowest BCUT2D eigenvalue weighted by atomic mass is 9.82. The second-order valence-electron chi connectivity index (χ2n) is 9.01. The van der Waals surface area contributed by atoms with E-state index in [1.54, 1.807) is 6.26 Å². The van der Waals surface area contributed by atoms with Gasteiger partial charge in [-0.25, -0.2) is 0 Å². The van der Waals surface area contributed by atoms with Crippen LogP contribution in [0.1, 0.15) is 57.4 Å². The van der Waals surface area contributed by atoms with Crippen molar-refractivity contribution in [2.45, 2.75) is 64.0 Å². The molecule has 1 amide bonds. The summed E-state index contributed by atoms with van der Waals surface area (Å²) in [7, 11) is 0. The molecule has 1 saturated carbocycles. The topological polar surface area (TPSA) is 45.9 Å². The molecular weight excluding hydrogens is 340 g/mol. The van der Waals surface area contributed by atoms with Gasteiger partial charge in [-0.05, 0) is 56.9 Å². The van der Waals surface area contributed by atoms with Gasteiger partial charge in [-0.2, -0.15) is 0 Å². The van der Waals surface area contributed by atoms with E-state index in [0.29, 0.717) is 5.91 Å². The summed E-state index contributed by atoms with van der Waals surface area (Å²) >= 11 is 0. The predicted molar refractivity (Wildman–Crippen MR) is 104 cm³/mol. The quantitative estimate of drug-likeness (QED) is 0.809. The molecule has 27 heavy (non-hydrogen) atoms. The third-order valence-electron chi connectivity index (χ3n) is 6.89. The molecule has 3 aliphatic rings. The Morgan fingerprint density at radius 1 is 1.19 bits per heavy atom. The summed E-state index contributed by atoms with van der Waals surface area (Å²) in [6.07, 6.45) is 11.2. The number of furan rings is 1. The number of nitrogens with zero attached hydrogens (tertiary/aromatic N) is 2. The lowest BCUT2D eigenvalue weighted by Gasteiger charge is -2.42. The molecule has 0 N–H and O–H groups in total. The predicted octanol–water partition coefficient (Wildman–Crippen LogP) is 3.69. The van der Waals surface area contributed by atoms with Crippen LogP contribution in [0.25, 0.3) is 0 Å². The number of likely N-dealkylation sites (tertiary alicyclic amines) is 1. The molecule has 5 heteroatoms. The molecule has 2 saturated heterocycles. The maximum absolute atomic E-state index is 13.0. The van der Waals surface area contributed by atoms with Crippen LogP contribution in [0.4, 0.5) is 0 Å². The van der Waals surface area contributed by atoms with E-state index in [4.69, 9.17) is 9.15 Å². The first-order chi connectivity index (χ1) is 13.1. The van der Waals surface area contributed by atoms with Crippen LogP contribution in [0.3, 0.4) is 0 Å². The molecule has 4 rings (SSSR count). The minimum absolute atomic E-state index is 0.0852. The van der Waals surface area contributed by atoms with Crippen molar-refractivity contribution < 1.29 is 13.9 Å². The standard InChI is InChI=1S/C22H34N2O3/c1-18-3-5-20(6-4-18)21(25)24-10-2-8-22(9-11-24)17-23(12-14-27-22)15-19-7-13-26-16-19/h7,13,16,18,20H,2-6,8-12,14-15,17H2,1H3. The molecule has 3 fully saturated rings. The molecule has 150 valence electrons. The SMILES string of the molecule is CC1CCC(C(=O)N2CCCC3(CC2)CN(Cc2ccoc2)CCO3)CC1. The summed E-state index contributed by atoms with van der Waals surface area (Å²) in [5.41, 5.74) is 1.14. The normalized spacial score (nSPS) is 33.1. The highest BCUT2D eigenvalue weighted by molar-refractivity contribution is 5.79. The van der Waals surface area contributed by atoms with Crippen molar-refractivity contribution in [2.75, 3.05) is 32.8 Å². The van der Waals surface area contributed by atoms with Gasteiger partial charge in [0, 0.05) is 44.2 Å². The summed E-state index contributed by atoms with van der Waals surface area (Å²) < 4.78 is 11.5. The van der Waals surface area contributed by atoms with Crippen LogP contribution in [-0.4, -0.2) is 54.1 Å². The first-order valence-corrected chi connectivity index (χ1v) is 10.8. The summed E-state index contributed by atoms with van der Waals surface area (Å²) in [5.74, 6) is 1.46. The Morgan fingerprint density at radius 3 is 2.81 bits per heavy atom. The van der Waals surface area contributed by atoms with E-state index in [-0.39, 0.29) is 11.5 Å². The number of rotatable bonds is 3. The van der Waals surface area contributed by atoms with Crippen molar-refractivity contribution in [3.05, 3.63) is 24.2 Å². The molecule has 1 aromatic heterocycles. The Hall–Kier alpha value is -1.33. The monoisotopic (exact) mass is 374 g/mol. The molecule has 1 aliphatic carbocycles. The van der Waals surface area contributed by atoms with Crippen molar-refractivity contribution in [3.8, 4) is 0 Å². The fraction of sp³-hybridized carbons (Fsp3) is 0.773. The molecular formula is C22H34N2O3. The van der Waals surface area contributed by atoms with Crippen molar-refractivity contribution in [1.29, 1.82) is 0 Å². The van der Waals surface area contributed by atoms with Gasteiger partial charge in [0.15, 0.2) is 0 Å². The number of hydrogen-bond acceptors (Lipinski definition) is 4. The van der Waals surface area contributed by atoms with Gasteiger partial charge in [0.05, 0.1) is 24.7 Å². The van der Waals surface area contributed by atoms with Gasteiger partial charge in [0.2, 0.25) is 5.91 Å². The van der Waals surface area contributed by atoms with Gasteiger partial charge in [-0.1, -0.05) is 6.92 Å². The van der Waals surface area contributed by atoms with Crippen molar-refractivity contribution in [3.63, 3.8) is 0 Å². The first-order valence-electron chi connectivity index (χ1n) is 10.8. The molecule has 0 bridgehead atoms. The summed E-state index contributed by atoms with van der Waals surface area (Å²) in [6.45, 7) is 7.70. The summed E-state index contributed by atoms with van der Waals surface area (Å²) in [5, 5.41) is 0. The van der Waals surface area contributed by atoms with Crippen molar-refractivity contribution in [1.82, 2.24) is 9.80 Å². The van der Waals surface area contributed by atoms with Gasteiger partial charge in [0.25, 0.3) is 0 Å². The molecule has 1 atom stereocenters. The fourth-order valence-electron chi connectivity index (χ4n) is 5.15. The maximum atomic E-state index is 13.0. The lowest BCUT2D eigenvalue weighted by Crippen LogP contribution is -2.52. The van der Waals surface area contributed by atoms with Gasteiger partial charge in [0.1, 0.15) is 0 Å². The molecule has 5 nitrogen and oxygen atoms in total. The number of carbonyl (C=O) groups is 1. The third-order valence-corrected chi connectivity index (χ3v) is 6.89. The minimum atomic E-state index is -0.0852. The number of amides is 1.